The highest BCUT2D eigenvalue weighted by Gasteiger charge is 2.33. The summed E-state index contributed by atoms with van der Waals surface area (Å²) < 4.78 is 0. The Bertz CT molecular complexity index is 585. The average Bonchev–Trinajstić information content (AvgIpc) is 3.31. The fourth-order valence-electron chi connectivity index (χ4n) is 3.22. The predicted molar refractivity (Wildman–Crippen MR) is 77.5 cm³/mol. The minimum atomic E-state index is -0.300. The first-order chi connectivity index (χ1) is 10.2. The zero-order valence-electron chi connectivity index (χ0n) is 12.0. The minimum Gasteiger partial charge on any atom is -0.391 e. The molecule has 1 atom stereocenters. The number of rotatable bonds is 2. The van der Waals surface area contributed by atoms with Crippen molar-refractivity contribution in [2.75, 3.05) is 24.5 Å². The number of aliphatic hydroxyl groups is 1. The highest BCUT2D eigenvalue weighted by atomic mass is 16.3. The fourth-order valence-corrected chi connectivity index (χ4v) is 3.22. The van der Waals surface area contributed by atoms with E-state index in [1.807, 2.05) is 0 Å². The Morgan fingerprint density at radius 2 is 2.10 bits per heavy atom. The fraction of sp³-hybridized carbons (Fsp3) is 0.667. The number of hydrogen-bond donors (Lipinski definition) is 2. The summed E-state index contributed by atoms with van der Waals surface area (Å²) in [4.78, 5) is 23.5. The Kier molecular flexibility index (Phi) is 3.06. The number of aromatic nitrogens is 2. The van der Waals surface area contributed by atoms with E-state index in [0.717, 1.165) is 55.9 Å². The Morgan fingerprint density at radius 1 is 1.24 bits per heavy atom. The molecule has 0 aromatic carbocycles. The maximum atomic E-state index is 12.1. The van der Waals surface area contributed by atoms with E-state index >= 15 is 0 Å². The van der Waals surface area contributed by atoms with Crippen LogP contribution in [0.4, 0.5) is 5.82 Å². The van der Waals surface area contributed by atoms with E-state index in [9.17, 15) is 9.90 Å². The molecule has 1 saturated carbocycles. The van der Waals surface area contributed by atoms with Crippen LogP contribution >= 0.6 is 0 Å². The lowest BCUT2D eigenvalue weighted by molar-refractivity contribution is 0.0940. The summed E-state index contributed by atoms with van der Waals surface area (Å²) in [5, 5.41) is 12.8. The molecule has 21 heavy (non-hydrogen) atoms. The normalized spacial score (nSPS) is 25.5. The molecule has 1 aromatic rings. The van der Waals surface area contributed by atoms with Gasteiger partial charge < -0.3 is 15.3 Å². The number of fused-ring (bicyclic) bond motifs is 1. The number of piperidine rings is 1. The van der Waals surface area contributed by atoms with Gasteiger partial charge in [-0.3, -0.25) is 4.79 Å². The number of aliphatic hydroxyl groups excluding tert-OH is 1. The summed E-state index contributed by atoms with van der Waals surface area (Å²) in [7, 11) is 0. The summed E-state index contributed by atoms with van der Waals surface area (Å²) in [6.07, 6.45) is 4.51. The topological polar surface area (TPSA) is 78.4 Å². The van der Waals surface area contributed by atoms with Crippen LogP contribution in [0.15, 0.2) is 0 Å². The molecule has 4 rings (SSSR count). The Labute approximate surface area is 123 Å². The molecule has 3 heterocycles. The van der Waals surface area contributed by atoms with Gasteiger partial charge >= 0.3 is 0 Å². The Morgan fingerprint density at radius 3 is 2.86 bits per heavy atom. The van der Waals surface area contributed by atoms with Crippen molar-refractivity contribution in [3.8, 4) is 0 Å². The van der Waals surface area contributed by atoms with Crippen LogP contribution in [0.3, 0.4) is 0 Å². The van der Waals surface area contributed by atoms with Crippen LogP contribution in [0.1, 0.15) is 53.5 Å². The van der Waals surface area contributed by atoms with Crippen LogP contribution in [-0.2, 0) is 6.42 Å². The lowest BCUT2D eigenvalue weighted by Crippen LogP contribution is -2.41. The second-order valence-corrected chi connectivity index (χ2v) is 6.25. The summed E-state index contributed by atoms with van der Waals surface area (Å²) in [5.74, 6) is 2.02. The van der Waals surface area contributed by atoms with Crippen LogP contribution in [0.2, 0.25) is 0 Å². The molecule has 112 valence electrons. The molecular formula is C15H20N4O2. The summed E-state index contributed by atoms with van der Waals surface area (Å²) in [6.45, 7) is 2.14. The van der Waals surface area contributed by atoms with Gasteiger partial charge in [0.2, 0.25) is 0 Å². The molecule has 3 aliphatic rings. The van der Waals surface area contributed by atoms with Crippen molar-refractivity contribution in [3.63, 3.8) is 0 Å². The van der Waals surface area contributed by atoms with Gasteiger partial charge in [-0.15, -0.1) is 0 Å². The molecule has 1 saturated heterocycles. The van der Waals surface area contributed by atoms with Crippen LogP contribution < -0.4 is 10.2 Å². The Hall–Kier alpha value is -1.69. The maximum absolute atomic E-state index is 12.1. The van der Waals surface area contributed by atoms with Crippen molar-refractivity contribution < 1.29 is 9.90 Å². The number of hydrogen-bond acceptors (Lipinski definition) is 5. The van der Waals surface area contributed by atoms with E-state index in [0.29, 0.717) is 24.7 Å². The smallest absolute Gasteiger partial charge is 0.270 e. The molecule has 1 unspecified atom stereocenters. The number of carbonyl (C=O) groups is 1. The number of amides is 1. The van der Waals surface area contributed by atoms with Crippen molar-refractivity contribution in [2.24, 2.45) is 0 Å². The lowest BCUT2D eigenvalue weighted by Gasteiger charge is -2.33. The zero-order valence-corrected chi connectivity index (χ0v) is 12.0. The third-order valence-electron chi connectivity index (χ3n) is 4.52. The predicted octanol–water partition coefficient (Wildman–Crippen LogP) is 0.601. The highest BCUT2D eigenvalue weighted by molar-refractivity contribution is 5.96. The van der Waals surface area contributed by atoms with Gasteiger partial charge in [0.25, 0.3) is 5.91 Å². The molecule has 2 N–H and O–H groups in total. The van der Waals surface area contributed by atoms with Crippen LogP contribution in [0.5, 0.6) is 0 Å². The average molecular weight is 288 g/mol. The molecule has 0 radical (unpaired) electrons. The lowest BCUT2D eigenvalue weighted by atomic mass is 10.0. The van der Waals surface area contributed by atoms with Crippen LogP contribution in [0, 0.1) is 0 Å². The summed E-state index contributed by atoms with van der Waals surface area (Å²) in [5.41, 5.74) is 1.51. The van der Waals surface area contributed by atoms with E-state index in [4.69, 9.17) is 4.98 Å². The first-order valence-corrected chi connectivity index (χ1v) is 7.84. The van der Waals surface area contributed by atoms with Crippen LogP contribution in [-0.4, -0.2) is 46.7 Å². The molecule has 1 aromatic heterocycles. The number of β-amino-alcohol motifs (C(OH)–C–C–N with tert-alkyl or cyclic N) is 1. The minimum absolute atomic E-state index is 0.0839. The van der Waals surface area contributed by atoms with Gasteiger partial charge in [0.05, 0.1) is 6.10 Å². The quantitative estimate of drug-likeness (QED) is 0.833. The number of nitrogens with one attached hydrogen (secondary N) is 1. The SMILES string of the molecule is O=C1NCCc2c1nc(C1CC1)nc2N1CCCC(O)C1. The van der Waals surface area contributed by atoms with Gasteiger partial charge in [-0.05, 0) is 32.1 Å². The van der Waals surface area contributed by atoms with Crippen molar-refractivity contribution in [1.29, 1.82) is 0 Å². The molecular weight excluding hydrogens is 268 g/mol. The van der Waals surface area contributed by atoms with Crippen molar-refractivity contribution in [2.45, 2.75) is 44.1 Å². The standard InChI is InChI=1S/C15H20N4O2/c20-10-2-1-7-19(8-10)14-11-5-6-16-15(21)12(11)17-13(18-14)9-3-4-9/h9-10,20H,1-8H2,(H,16,21). The molecule has 6 nitrogen and oxygen atoms in total. The van der Waals surface area contributed by atoms with E-state index in [1.54, 1.807) is 0 Å². The van der Waals surface area contributed by atoms with E-state index in [1.165, 1.54) is 0 Å². The van der Waals surface area contributed by atoms with Crippen molar-refractivity contribution in [3.05, 3.63) is 17.1 Å². The molecule has 0 bridgehead atoms. The monoisotopic (exact) mass is 288 g/mol. The maximum Gasteiger partial charge on any atom is 0.270 e. The largest absolute Gasteiger partial charge is 0.391 e. The molecule has 1 aliphatic carbocycles. The van der Waals surface area contributed by atoms with Gasteiger partial charge in [0.15, 0.2) is 0 Å². The van der Waals surface area contributed by atoms with Gasteiger partial charge in [0.1, 0.15) is 17.3 Å². The number of anilines is 1. The number of carbonyl (C=O) groups excluding carboxylic acids is 1. The summed E-state index contributed by atoms with van der Waals surface area (Å²) in [6, 6.07) is 0. The van der Waals surface area contributed by atoms with Crippen molar-refractivity contribution in [1.82, 2.24) is 15.3 Å². The van der Waals surface area contributed by atoms with E-state index in [-0.39, 0.29) is 12.0 Å². The summed E-state index contributed by atoms with van der Waals surface area (Å²) >= 11 is 0. The van der Waals surface area contributed by atoms with Gasteiger partial charge in [0, 0.05) is 31.1 Å². The second kappa shape index (κ2) is 4.94. The molecule has 0 spiro atoms. The van der Waals surface area contributed by atoms with Gasteiger partial charge in [-0.2, -0.15) is 0 Å². The highest BCUT2D eigenvalue weighted by Crippen LogP contribution is 2.40. The van der Waals surface area contributed by atoms with Gasteiger partial charge in [-0.25, -0.2) is 9.97 Å². The zero-order chi connectivity index (χ0) is 14.4. The first kappa shape index (κ1) is 13.0. The van der Waals surface area contributed by atoms with Gasteiger partial charge in [-0.1, -0.05) is 0 Å². The van der Waals surface area contributed by atoms with E-state index in [2.05, 4.69) is 15.2 Å². The first-order valence-electron chi connectivity index (χ1n) is 7.84. The van der Waals surface area contributed by atoms with Crippen molar-refractivity contribution >= 4 is 11.7 Å². The molecule has 2 aliphatic heterocycles. The third kappa shape index (κ3) is 2.37. The molecule has 2 fully saturated rings. The number of nitrogens with zero attached hydrogens (tertiary/aromatic N) is 3. The molecule has 1 amide bonds. The molecule has 6 heteroatoms. The van der Waals surface area contributed by atoms with E-state index < -0.39 is 0 Å². The third-order valence-corrected chi connectivity index (χ3v) is 4.52. The second-order valence-electron chi connectivity index (χ2n) is 6.25. The Balaban J connectivity index is 1.78. The van der Waals surface area contributed by atoms with Crippen LogP contribution in [0.25, 0.3) is 0 Å².